The summed E-state index contributed by atoms with van der Waals surface area (Å²) in [5, 5.41) is 30.5. The molecule has 1 unspecified atom stereocenters. The summed E-state index contributed by atoms with van der Waals surface area (Å²) < 4.78 is 10.4. The molecule has 1 fully saturated rings. The summed E-state index contributed by atoms with van der Waals surface area (Å²) in [6.45, 7) is 0.657. The van der Waals surface area contributed by atoms with Gasteiger partial charge in [-0.15, -0.1) is 5.06 Å². The number of aliphatic carboxylic acids is 2. The maximum atomic E-state index is 12.4. The van der Waals surface area contributed by atoms with Crippen molar-refractivity contribution in [3.8, 4) is 0 Å². The van der Waals surface area contributed by atoms with Gasteiger partial charge in [-0.1, -0.05) is 57.8 Å². The van der Waals surface area contributed by atoms with Crippen LogP contribution in [-0.2, 0) is 47.9 Å². The number of carbonyl (C=O) groups is 8. The number of hydrogen-bond acceptors (Lipinski definition) is 12. The maximum Gasteiger partial charge on any atom is 0.358 e. The van der Waals surface area contributed by atoms with Gasteiger partial charge in [0, 0.05) is 57.8 Å². The van der Waals surface area contributed by atoms with Crippen molar-refractivity contribution >= 4 is 47.9 Å². The summed E-state index contributed by atoms with van der Waals surface area (Å²) in [6, 6.07) is -1.54. The number of carboxylic acid groups (broad SMARTS) is 2. The number of carboxylic acids is 2. The van der Waals surface area contributed by atoms with E-state index in [0.717, 1.165) is 57.7 Å². The van der Waals surface area contributed by atoms with Crippen LogP contribution in [0, 0.1) is 0 Å². The molecule has 0 radical (unpaired) electrons. The molecule has 0 aromatic rings. The standard InChI is InChI=1S/C37H63N5O13/c43-24-11-9-7-5-3-1-2-4-6-8-10-14-29(15-12-16-34(47)48)41-30(36(50)51)17-18-31(44)38-21-13-22-39-37(52)40-23-25-53-26-27-54-28-35(49)55-42-32(45)19-20-33(42)46/h24,29-30,41H,1-23,25-28H2,(H,38,44)(H,47,48)(H,50,51)(H2,39,40,52)/t29?,30-/m0/s1. The van der Waals surface area contributed by atoms with Crippen molar-refractivity contribution in [2.24, 2.45) is 0 Å². The van der Waals surface area contributed by atoms with Crippen molar-refractivity contribution < 1.29 is 62.9 Å². The zero-order valence-electron chi connectivity index (χ0n) is 32.2. The topological polar surface area (TPSA) is 256 Å². The minimum absolute atomic E-state index is 0.000107. The van der Waals surface area contributed by atoms with Gasteiger partial charge in [-0.25, -0.2) is 9.59 Å². The minimum Gasteiger partial charge on any atom is -0.481 e. The molecule has 314 valence electrons. The molecule has 1 saturated heterocycles. The van der Waals surface area contributed by atoms with Crippen molar-refractivity contribution in [2.45, 2.75) is 141 Å². The lowest BCUT2D eigenvalue weighted by Crippen LogP contribution is -2.44. The van der Waals surface area contributed by atoms with Crippen LogP contribution >= 0.6 is 0 Å². The Labute approximate surface area is 323 Å². The van der Waals surface area contributed by atoms with Gasteiger partial charge < -0.3 is 50.6 Å². The van der Waals surface area contributed by atoms with E-state index < -0.39 is 48.4 Å². The second-order valence-corrected chi connectivity index (χ2v) is 13.5. The Bertz CT molecular complexity index is 1160. The number of hydroxylamine groups is 2. The molecule has 18 heteroatoms. The molecule has 1 aliphatic rings. The number of carbonyl (C=O) groups excluding carboxylic acids is 6. The van der Waals surface area contributed by atoms with Crippen LogP contribution in [-0.4, -0.2) is 121 Å². The second kappa shape index (κ2) is 32.1. The molecule has 0 aromatic carbocycles. The fourth-order valence-electron chi connectivity index (χ4n) is 5.75. The third-order valence-electron chi connectivity index (χ3n) is 8.75. The van der Waals surface area contributed by atoms with E-state index in [4.69, 9.17) is 14.6 Å². The van der Waals surface area contributed by atoms with Gasteiger partial charge in [0.15, 0.2) is 0 Å². The van der Waals surface area contributed by atoms with Crippen LogP contribution < -0.4 is 21.3 Å². The summed E-state index contributed by atoms with van der Waals surface area (Å²) in [5.41, 5.74) is 0. The van der Waals surface area contributed by atoms with Crippen molar-refractivity contribution in [1.82, 2.24) is 26.3 Å². The van der Waals surface area contributed by atoms with Gasteiger partial charge in [0.25, 0.3) is 11.8 Å². The van der Waals surface area contributed by atoms with Crippen molar-refractivity contribution in [3.05, 3.63) is 0 Å². The van der Waals surface area contributed by atoms with E-state index in [2.05, 4.69) is 26.1 Å². The predicted octanol–water partition coefficient (Wildman–Crippen LogP) is 2.76. The number of aldehydes is 1. The Balaban J connectivity index is 2.16. The zero-order chi connectivity index (χ0) is 40.5. The number of imide groups is 1. The number of nitrogens with zero attached hydrogens (tertiary/aromatic N) is 1. The lowest BCUT2D eigenvalue weighted by atomic mass is 9.99. The number of hydrogen-bond donors (Lipinski definition) is 6. The Morgan fingerprint density at radius 2 is 1.25 bits per heavy atom. The summed E-state index contributed by atoms with van der Waals surface area (Å²) in [6.07, 6.45) is 14.7. The quantitative estimate of drug-likeness (QED) is 0.0304. The number of rotatable bonds is 36. The van der Waals surface area contributed by atoms with Crippen LogP contribution in [0.1, 0.15) is 128 Å². The lowest BCUT2D eigenvalue weighted by Gasteiger charge is -2.23. The molecule has 1 rings (SSSR count). The van der Waals surface area contributed by atoms with Crippen molar-refractivity contribution in [3.63, 3.8) is 0 Å². The minimum atomic E-state index is -1.06. The number of ether oxygens (including phenoxy) is 2. The summed E-state index contributed by atoms with van der Waals surface area (Å²) in [5.74, 6) is -4.31. The molecule has 1 heterocycles. The van der Waals surface area contributed by atoms with Crippen LogP contribution in [0.5, 0.6) is 0 Å². The third-order valence-corrected chi connectivity index (χ3v) is 8.75. The first-order valence-electron chi connectivity index (χ1n) is 19.7. The zero-order valence-corrected chi connectivity index (χ0v) is 32.2. The fourth-order valence-corrected chi connectivity index (χ4v) is 5.75. The summed E-state index contributed by atoms with van der Waals surface area (Å²) in [7, 11) is 0. The Kier molecular flexibility index (Phi) is 28.5. The van der Waals surface area contributed by atoms with Gasteiger partial charge in [-0.3, -0.25) is 24.0 Å². The molecule has 6 N–H and O–H groups in total. The Morgan fingerprint density at radius 1 is 0.673 bits per heavy atom. The first-order chi connectivity index (χ1) is 26.5. The van der Waals surface area contributed by atoms with Gasteiger partial charge >= 0.3 is 23.9 Å². The van der Waals surface area contributed by atoms with Crippen LogP contribution in [0.4, 0.5) is 4.79 Å². The average Bonchev–Trinajstić information content (AvgIpc) is 3.46. The number of urea groups is 1. The Hall–Kier alpha value is -4.16. The highest BCUT2D eigenvalue weighted by atomic mass is 16.7. The van der Waals surface area contributed by atoms with Crippen LogP contribution in [0.15, 0.2) is 0 Å². The molecular formula is C37H63N5O13. The molecule has 18 nitrogen and oxygen atoms in total. The first kappa shape index (κ1) is 48.9. The molecular weight excluding hydrogens is 722 g/mol. The lowest BCUT2D eigenvalue weighted by molar-refractivity contribution is -0.200. The Morgan fingerprint density at radius 3 is 1.89 bits per heavy atom. The van der Waals surface area contributed by atoms with E-state index in [1.165, 1.54) is 19.3 Å². The molecule has 0 bridgehead atoms. The van der Waals surface area contributed by atoms with E-state index in [0.29, 0.717) is 30.7 Å². The van der Waals surface area contributed by atoms with Crippen molar-refractivity contribution in [2.75, 3.05) is 46.1 Å². The average molecular weight is 786 g/mol. The fraction of sp³-hybridized carbons (Fsp3) is 0.784. The van der Waals surface area contributed by atoms with E-state index in [1.54, 1.807) is 0 Å². The SMILES string of the molecule is O=CCCCCCCCCCCCCC(CCCC(=O)O)N[C@@H](CCC(=O)NCCCNC(=O)NCCOCCOCC(=O)ON1C(=O)CCC1=O)C(=O)O. The van der Waals surface area contributed by atoms with E-state index in [9.17, 15) is 43.5 Å². The van der Waals surface area contributed by atoms with Crippen LogP contribution in [0.25, 0.3) is 0 Å². The molecule has 0 saturated carbocycles. The monoisotopic (exact) mass is 785 g/mol. The highest BCUT2D eigenvalue weighted by molar-refractivity contribution is 6.01. The largest absolute Gasteiger partial charge is 0.481 e. The van der Waals surface area contributed by atoms with E-state index >= 15 is 0 Å². The summed E-state index contributed by atoms with van der Waals surface area (Å²) >= 11 is 0. The van der Waals surface area contributed by atoms with Gasteiger partial charge in [-0.05, 0) is 38.5 Å². The third kappa shape index (κ3) is 27.1. The number of amides is 5. The molecule has 55 heavy (non-hydrogen) atoms. The number of unbranched alkanes of at least 4 members (excludes halogenated alkanes) is 10. The molecule has 0 aromatic heterocycles. The first-order valence-corrected chi connectivity index (χ1v) is 19.7. The number of nitrogens with one attached hydrogen (secondary N) is 4. The normalized spacial score (nSPS) is 13.6. The van der Waals surface area contributed by atoms with Gasteiger partial charge in [0.2, 0.25) is 5.91 Å². The van der Waals surface area contributed by atoms with Crippen LogP contribution in [0.2, 0.25) is 0 Å². The molecule has 0 spiro atoms. The smallest absolute Gasteiger partial charge is 0.358 e. The van der Waals surface area contributed by atoms with Gasteiger partial charge in [0.1, 0.15) is 18.9 Å². The van der Waals surface area contributed by atoms with E-state index in [1.807, 2.05) is 0 Å². The molecule has 0 aliphatic carbocycles. The van der Waals surface area contributed by atoms with Crippen LogP contribution in [0.3, 0.4) is 0 Å². The predicted molar refractivity (Wildman–Crippen MR) is 198 cm³/mol. The highest BCUT2D eigenvalue weighted by Crippen LogP contribution is 2.16. The molecule has 1 aliphatic heterocycles. The van der Waals surface area contributed by atoms with E-state index in [-0.39, 0.29) is 83.5 Å². The maximum absolute atomic E-state index is 12.4. The molecule has 5 amide bonds. The van der Waals surface area contributed by atoms with Gasteiger partial charge in [0.05, 0.1) is 19.8 Å². The molecule has 2 atom stereocenters. The van der Waals surface area contributed by atoms with Crippen molar-refractivity contribution in [1.29, 1.82) is 0 Å². The van der Waals surface area contributed by atoms with Gasteiger partial charge in [-0.2, -0.15) is 0 Å². The second-order valence-electron chi connectivity index (χ2n) is 13.5. The summed E-state index contributed by atoms with van der Waals surface area (Å²) in [4.78, 5) is 97.0. The highest BCUT2D eigenvalue weighted by Gasteiger charge is 2.32.